The number of rotatable bonds is 9. The van der Waals surface area contributed by atoms with Crippen molar-refractivity contribution in [3.63, 3.8) is 0 Å². The van der Waals surface area contributed by atoms with Crippen molar-refractivity contribution in [3.05, 3.63) is 17.0 Å². The third-order valence-corrected chi connectivity index (χ3v) is 5.60. The van der Waals surface area contributed by atoms with E-state index in [-0.39, 0.29) is 29.5 Å². The molecule has 0 aliphatic heterocycles. The van der Waals surface area contributed by atoms with E-state index in [1.165, 1.54) is 13.0 Å². The number of nitrogens with one attached hydrogen (secondary N) is 2. The van der Waals surface area contributed by atoms with Gasteiger partial charge in [0.2, 0.25) is 15.9 Å². The zero-order chi connectivity index (χ0) is 15.9. The number of hydrogen-bond donors (Lipinski definition) is 3. The molecule has 3 N–H and O–H groups in total. The monoisotopic (exact) mass is 334 g/mol. The van der Waals surface area contributed by atoms with Gasteiger partial charge in [0.15, 0.2) is 0 Å². The van der Waals surface area contributed by atoms with Crippen molar-refractivity contribution in [2.24, 2.45) is 0 Å². The summed E-state index contributed by atoms with van der Waals surface area (Å²) in [5.41, 5.74) is 0. The predicted octanol–water partition coefficient (Wildman–Crippen LogP) is 0.570. The largest absolute Gasteiger partial charge is 0.481 e. The van der Waals surface area contributed by atoms with Crippen LogP contribution in [-0.2, 0) is 26.0 Å². The summed E-state index contributed by atoms with van der Waals surface area (Å²) >= 11 is 1.14. The summed E-state index contributed by atoms with van der Waals surface area (Å²) in [6, 6.07) is 3.21. The van der Waals surface area contributed by atoms with Gasteiger partial charge in [-0.2, -0.15) is 0 Å². The highest BCUT2D eigenvalue weighted by atomic mass is 32.2. The molecule has 0 spiro atoms. The highest BCUT2D eigenvalue weighted by Gasteiger charge is 2.16. The summed E-state index contributed by atoms with van der Waals surface area (Å²) in [5.74, 6) is -1.08. The van der Waals surface area contributed by atoms with Crippen molar-refractivity contribution in [1.82, 2.24) is 10.0 Å². The number of carbonyl (C=O) groups is 2. The number of carboxylic acid groups (broad SMARTS) is 1. The molecule has 0 atom stereocenters. The first-order valence-corrected chi connectivity index (χ1v) is 8.66. The molecule has 0 fully saturated rings. The van der Waals surface area contributed by atoms with Gasteiger partial charge in [-0.1, -0.05) is 0 Å². The number of sulfonamides is 1. The summed E-state index contributed by atoms with van der Waals surface area (Å²) < 4.78 is 26.5. The standard InChI is InChI=1S/C12H18N2O5S2/c1-9(15)13-8-6-10-4-5-12(20-10)21(18,19)14-7-2-3-11(16)17/h4-5,14H,2-3,6-8H2,1H3,(H,13,15)(H,16,17). The molecule has 0 saturated heterocycles. The number of aliphatic carboxylic acids is 1. The first-order chi connectivity index (χ1) is 9.81. The molecule has 9 heteroatoms. The highest BCUT2D eigenvalue weighted by Crippen LogP contribution is 2.21. The molecule has 118 valence electrons. The van der Waals surface area contributed by atoms with E-state index in [1.807, 2.05) is 0 Å². The maximum absolute atomic E-state index is 12.0. The van der Waals surface area contributed by atoms with E-state index in [9.17, 15) is 18.0 Å². The molecule has 7 nitrogen and oxygen atoms in total. The lowest BCUT2D eigenvalue weighted by molar-refractivity contribution is -0.137. The van der Waals surface area contributed by atoms with Crippen LogP contribution in [0.4, 0.5) is 0 Å². The van der Waals surface area contributed by atoms with Crippen LogP contribution in [0.1, 0.15) is 24.6 Å². The van der Waals surface area contributed by atoms with Crippen LogP contribution >= 0.6 is 11.3 Å². The summed E-state index contributed by atoms with van der Waals surface area (Å²) in [6.45, 7) is 1.97. The molecule has 1 aromatic heterocycles. The van der Waals surface area contributed by atoms with Gasteiger partial charge < -0.3 is 10.4 Å². The van der Waals surface area contributed by atoms with Crippen molar-refractivity contribution < 1.29 is 23.1 Å². The van der Waals surface area contributed by atoms with Gasteiger partial charge >= 0.3 is 5.97 Å². The van der Waals surface area contributed by atoms with Crippen molar-refractivity contribution in [2.45, 2.75) is 30.4 Å². The van der Waals surface area contributed by atoms with E-state index in [4.69, 9.17) is 5.11 Å². The number of carboxylic acids is 1. The summed E-state index contributed by atoms with van der Waals surface area (Å²) in [5, 5.41) is 11.1. The van der Waals surface area contributed by atoms with Crippen molar-refractivity contribution in [1.29, 1.82) is 0 Å². The second kappa shape index (κ2) is 8.11. The average molecular weight is 334 g/mol. The lowest BCUT2D eigenvalue weighted by atomic mass is 10.3. The van der Waals surface area contributed by atoms with Gasteiger partial charge in [-0.3, -0.25) is 9.59 Å². The zero-order valence-corrected chi connectivity index (χ0v) is 13.2. The highest BCUT2D eigenvalue weighted by molar-refractivity contribution is 7.91. The Labute approximate surface area is 127 Å². The van der Waals surface area contributed by atoms with Gasteiger partial charge in [-0.05, 0) is 25.0 Å². The van der Waals surface area contributed by atoms with E-state index < -0.39 is 16.0 Å². The first-order valence-electron chi connectivity index (χ1n) is 6.36. The Morgan fingerprint density at radius 1 is 1.29 bits per heavy atom. The fourth-order valence-electron chi connectivity index (χ4n) is 1.52. The SMILES string of the molecule is CC(=O)NCCc1ccc(S(=O)(=O)NCCCC(=O)O)s1. The van der Waals surface area contributed by atoms with Gasteiger partial charge in [0, 0.05) is 31.3 Å². The van der Waals surface area contributed by atoms with E-state index in [2.05, 4.69) is 10.0 Å². The second-order valence-electron chi connectivity index (χ2n) is 4.35. The summed E-state index contributed by atoms with van der Waals surface area (Å²) in [7, 11) is -3.59. The van der Waals surface area contributed by atoms with Gasteiger partial charge in [0.05, 0.1) is 0 Å². The quantitative estimate of drug-likeness (QED) is 0.572. The van der Waals surface area contributed by atoms with Crippen LogP contribution in [0.3, 0.4) is 0 Å². The predicted molar refractivity (Wildman–Crippen MR) is 78.8 cm³/mol. The Kier molecular flexibility index (Phi) is 6.79. The Hall–Kier alpha value is -1.45. The maximum Gasteiger partial charge on any atom is 0.303 e. The lowest BCUT2D eigenvalue weighted by Crippen LogP contribution is -2.24. The minimum atomic E-state index is -3.59. The Bertz CT molecular complexity index is 595. The van der Waals surface area contributed by atoms with Gasteiger partial charge in [0.25, 0.3) is 0 Å². The maximum atomic E-state index is 12.0. The van der Waals surface area contributed by atoms with Crippen LogP contribution in [-0.4, -0.2) is 38.5 Å². The third-order valence-electron chi connectivity index (χ3n) is 2.51. The molecular formula is C12H18N2O5S2. The Morgan fingerprint density at radius 2 is 2.00 bits per heavy atom. The van der Waals surface area contributed by atoms with Crippen LogP contribution in [0.15, 0.2) is 16.3 Å². The molecule has 1 heterocycles. The Morgan fingerprint density at radius 3 is 2.62 bits per heavy atom. The van der Waals surface area contributed by atoms with Gasteiger partial charge in [-0.25, -0.2) is 13.1 Å². The number of amides is 1. The fraction of sp³-hybridized carbons (Fsp3) is 0.500. The van der Waals surface area contributed by atoms with Crippen molar-refractivity contribution >= 4 is 33.2 Å². The summed E-state index contributed by atoms with van der Waals surface area (Å²) in [4.78, 5) is 21.9. The van der Waals surface area contributed by atoms with Crippen molar-refractivity contribution in [3.8, 4) is 0 Å². The van der Waals surface area contributed by atoms with Gasteiger partial charge in [-0.15, -0.1) is 11.3 Å². The molecule has 21 heavy (non-hydrogen) atoms. The molecule has 0 aromatic carbocycles. The fourth-order valence-corrected chi connectivity index (χ4v) is 3.99. The molecule has 1 rings (SSSR count). The number of thiophene rings is 1. The van der Waals surface area contributed by atoms with E-state index in [1.54, 1.807) is 6.07 Å². The molecule has 0 bridgehead atoms. The zero-order valence-electron chi connectivity index (χ0n) is 11.6. The van der Waals surface area contributed by atoms with E-state index >= 15 is 0 Å². The van der Waals surface area contributed by atoms with E-state index in [0.717, 1.165) is 16.2 Å². The minimum Gasteiger partial charge on any atom is -0.481 e. The molecule has 0 unspecified atom stereocenters. The number of hydrogen-bond acceptors (Lipinski definition) is 5. The third kappa shape index (κ3) is 6.69. The minimum absolute atomic E-state index is 0.0745. The van der Waals surface area contributed by atoms with Crippen molar-refractivity contribution in [2.75, 3.05) is 13.1 Å². The molecule has 0 radical (unpaired) electrons. The molecule has 1 aromatic rings. The van der Waals surface area contributed by atoms with Gasteiger partial charge in [0.1, 0.15) is 4.21 Å². The lowest BCUT2D eigenvalue weighted by Gasteiger charge is -2.03. The smallest absolute Gasteiger partial charge is 0.303 e. The van der Waals surface area contributed by atoms with Crippen LogP contribution < -0.4 is 10.0 Å². The molecule has 0 aliphatic carbocycles. The molecule has 0 aliphatic rings. The Balaban J connectivity index is 2.49. The first kappa shape index (κ1) is 17.6. The van der Waals surface area contributed by atoms with Crippen LogP contribution in [0.5, 0.6) is 0 Å². The second-order valence-corrected chi connectivity index (χ2v) is 7.51. The average Bonchev–Trinajstić information content (AvgIpc) is 2.83. The summed E-state index contributed by atoms with van der Waals surface area (Å²) in [6.07, 6.45) is 0.739. The van der Waals surface area contributed by atoms with E-state index in [0.29, 0.717) is 13.0 Å². The normalized spacial score (nSPS) is 11.3. The topological polar surface area (TPSA) is 113 Å². The molecule has 0 saturated carbocycles. The van der Waals surface area contributed by atoms with Crippen LogP contribution in [0.2, 0.25) is 0 Å². The molecular weight excluding hydrogens is 316 g/mol. The van der Waals surface area contributed by atoms with Crippen LogP contribution in [0.25, 0.3) is 0 Å². The molecule has 1 amide bonds. The number of carbonyl (C=O) groups excluding carboxylic acids is 1. The van der Waals surface area contributed by atoms with Crippen LogP contribution in [0, 0.1) is 0 Å².